The van der Waals surface area contributed by atoms with Gasteiger partial charge in [-0.2, -0.15) is 5.10 Å². The lowest BCUT2D eigenvalue weighted by Gasteiger charge is -2.42. The van der Waals surface area contributed by atoms with Crippen LogP contribution in [0.25, 0.3) is 0 Å². The maximum atomic E-state index is 14.3. The van der Waals surface area contributed by atoms with Crippen molar-refractivity contribution in [2.24, 2.45) is 5.10 Å². The van der Waals surface area contributed by atoms with E-state index in [1.165, 1.54) is 0 Å². The van der Waals surface area contributed by atoms with Crippen molar-refractivity contribution in [3.8, 4) is 11.5 Å². The first kappa shape index (κ1) is 28.4. The van der Waals surface area contributed by atoms with E-state index < -0.39 is 5.54 Å². The van der Waals surface area contributed by atoms with E-state index in [0.29, 0.717) is 28.5 Å². The number of hydrazone groups is 1. The molecule has 2 aliphatic rings. The molecule has 220 valence electrons. The summed E-state index contributed by atoms with van der Waals surface area (Å²) in [5, 5.41) is 16.1. The second-order valence-corrected chi connectivity index (χ2v) is 10.6. The van der Waals surface area contributed by atoms with Gasteiger partial charge in [-0.3, -0.25) is 4.79 Å². The lowest BCUT2D eigenvalue weighted by Crippen LogP contribution is -2.44. The first-order valence-corrected chi connectivity index (χ1v) is 15.0. The lowest BCUT2D eigenvalue weighted by atomic mass is 9.75. The molecule has 0 saturated carbocycles. The fourth-order valence-electron chi connectivity index (χ4n) is 6.42. The van der Waals surface area contributed by atoms with Crippen molar-refractivity contribution in [2.75, 3.05) is 36.0 Å². The van der Waals surface area contributed by atoms with Crippen LogP contribution in [0.1, 0.15) is 66.1 Å². The van der Waals surface area contributed by atoms with E-state index >= 15 is 0 Å². The Balaban J connectivity index is 1.63. The summed E-state index contributed by atoms with van der Waals surface area (Å²) in [6, 6.07) is 25.6. The molecule has 4 aromatic rings. The molecule has 1 spiro atoms. The number of aliphatic hydroxyl groups excluding tert-OH is 1. The number of hydrogen-bond acceptors (Lipinski definition) is 7. The summed E-state index contributed by atoms with van der Waals surface area (Å²) in [7, 11) is 0. The summed E-state index contributed by atoms with van der Waals surface area (Å²) in [5.74, 6) is 1.18. The third-order valence-electron chi connectivity index (χ3n) is 8.54. The van der Waals surface area contributed by atoms with Crippen molar-refractivity contribution in [3.63, 3.8) is 0 Å². The fraction of sp³-hybridized carbons (Fsp3) is 0.286. The number of aliphatic hydroxyl groups is 1. The van der Waals surface area contributed by atoms with Crippen LogP contribution in [-0.2, 0) is 12.1 Å². The second kappa shape index (κ2) is 11.5. The number of nitrogens with zero attached hydrogens (tertiary/aromatic N) is 5. The molecule has 0 bridgehead atoms. The fourth-order valence-corrected chi connectivity index (χ4v) is 6.42. The van der Waals surface area contributed by atoms with Gasteiger partial charge < -0.3 is 19.6 Å². The normalized spacial score (nSPS) is 14.4. The van der Waals surface area contributed by atoms with Gasteiger partial charge in [0.2, 0.25) is 0 Å². The molecule has 0 radical (unpaired) electrons. The van der Waals surface area contributed by atoms with Gasteiger partial charge in [-0.15, -0.1) is 0 Å². The van der Waals surface area contributed by atoms with Gasteiger partial charge in [0.15, 0.2) is 0 Å². The number of anilines is 2. The van der Waals surface area contributed by atoms with Crippen LogP contribution in [0.3, 0.4) is 0 Å². The van der Waals surface area contributed by atoms with Crippen LogP contribution in [0.2, 0.25) is 0 Å². The summed E-state index contributed by atoms with van der Waals surface area (Å²) in [6.07, 6.45) is 1.59. The zero-order valence-electron chi connectivity index (χ0n) is 25.1. The molecule has 0 saturated heterocycles. The minimum atomic E-state index is -1.06. The number of fused-ring (bicyclic) bond motifs is 6. The van der Waals surface area contributed by atoms with Gasteiger partial charge >= 0.3 is 0 Å². The molecular formula is C35H37N5O3. The van der Waals surface area contributed by atoms with E-state index in [9.17, 15) is 9.90 Å². The van der Waals surface area contributed by atoms with Gasteiger partial charge in [-0.25, -0.2) is 9.99 Å². The largest absolute Gasteiger partial charge is 0.456 e. The highest BCUT2D eigenvalue weighted by molar-refractivity contribution is 6.02. The number of hydrogen-bond donors (Lipinski definition) is 1. The van der Waals surface area contributed by atoms with E-state index in [2.05, 4.69) is 78.9 Å². The zero-order valence-corrected chi connectivity index (χ0v) is 25.1. The lowest BCUT2D eigenvalue weighted by molar-refractivity contribution is 0.0675. The van der Waals surface area contributed by atoms with Crippen LogP contribution in [0, 0.1) is 0 Å². The van der Waals surface area contributed by atoms with Crippen molar-refractivity contribution < 1.29 is 14.6 Å². The molecule has 3 heterocycles. The SMILES string of the molecule is CCN(CC)c1ccc2c(c1)Oc1cc(N(CC)CC)ccc1C21c2ccccc2C(=O)N1/N=C/c1cccc(CO)n1. The van der Waals surface area contributed by atoms with E-state index in [1.807, 2.05) is 36.4 Å². The van der Waals surface area contributed by atoms with E-state index in [-0.39, 0.29) is 12.5 Å². The number of amides is 1. The molecule has 2 aliphatic heterocycles. The van der Waals surface area contributed by atoms with Crippen molar-refractivity contribution in [2.45, 2.75) is 39.8 Å². The third kappa shape index (κ3) is 4.53. The van der Waals surface area contributed by atoms with Gasteiger partial charge in [0, 0.05) is 71.9 Å². The molecule has 1 N–H and O–H groups in total. The molecule has 0 unspecified atom stereocenters. The highest BCUT2D eigenvalue weighted by Crippen LogP contribution is 2.58. The maximum absolute atomic E-state index is 14.3. The van der Waals surface area contributed by atoms with Gasteiger partial charge in [0.05, 0.1) is 24.2 Å². The minimum Gasteiger partial charge on any atom is -0.456 e. The van der Waals surface area contributed by atoms with Crippen LogP contribution in [0.5, 0.6) is 11.5 Å². The van der Waals surface area contributed by atoms with Crippen LogP contribution < -0.4 is 14.5 Å². The van der Waals surface area contributed by atoms with Crippen LogP contribution in [0.4, 0.5) is 11.4 Å². The number of carbonyl (C=O) groups excluding carboxylic acids is 1. The molecular weight excluding hydrogens is 538 g/mol. The van der Waals surface area contributed by atoms with Crippen molar-refractivity contribution in [3.05, 3.63) is 113 Å². The Kier molecular flexibility index (Phi) is 7.62. The average molecular weight is 576 g/mol. The Hall–Kier alpha value is -4.69. The molecule has 0 atom stereocenters. The zero-order chi connectivity index (χ0) is 30.1. The van der Waals surface area contributed by atoms with E-state index in [0.717, 1.165) is 54.2 Å². The van der Waals surface area contributed by atoms with Crippen LogP contribution >= 0.6 is 0 Å². The van der Waals surface area contributed by atoms with Gasteiger partial charge in [-0.05, 0) is 58.0 Å². The number of carbonyl (C=O) groups is 1. The van der Waals surface area contributed by atoms with Crippen molar-refractivity contribution >= 4 is 23.5 Å². The van der Waals surface area contributed by atoms with Crippen LogP contribution in [0.15, 0.2) is 84.0 Å². The number of ether oxygens (including phenoxy) is 1. The summed E-state index contributed by atoms with van der Waals surface area (Å²) < 4.78 is 6.73. The predicted molar refractivity (Wildman–Crippen MR) is 170 cm³/mol. The number of pyridine rings is 1. The van der Waals surface area contributed by atoms with E-state index in [1.54, 1.807) is 17.3 Å². The van der Waals surface area contributed by atoms with Crippen molar-refractivity contribution in [1.82, 2.24) is 9.99 Å². The van der Waals surface area contributed by atoms with Crippen molar-refractivity contribution in [1.29, 1.82) is 0 Å². The summed E-state index contributed by atoms with van der Waals surface area (Å²) in [5.41, 5.74) is 5.27. The van der Waals surface area contributed by atoms with Gasteiger partial charge in [0.25, 0.3) is 5.91 Å². The highest BCUT2D eigenvalue weighted by Gasteiger charge is 2.57. The summed E-state index contributed by atoms with van der Waals surface area (Å²) in [4.78, 5) is 23.3. The molecule has 0 aliphatic carbocycles. The standard InChI is InChI=1S/C35H37N5O3/c1-5-38(6-2)26-16-18-30-32(20-26)43-33-21-27(39(7-3)8-4)17-19-31(33)35(30)29-15-10-9-14-28(29)34(42)40(35)36-22-24-12-11-13-25(23-41)37-24/h9-22,41H,5-8,23H2,1-4H3/b36-22+. The molecule has 1 aromatic heterocycles. The minimum absolute atomic E-state index is 0.179. The molecule has 43 heavy (non-hydrogen) atoms. The number of aromatic nitrogens is 1. The second-order valence-electron chi connectivity index (χ2n) is 10.6. The maximum Gasteiger partial charge on any atom is 0.275 e. The first-order chi connectivity index (χ1) is 21.0. The smallest absolute Gasteiger partial charge is 0.275 e. The van der Waals surface area contributed by atoms with Gasteiger partial charge in [-0.1, -0.05) is 36.4 Å². The number of benzene rings is 3. The monoisotopic (exact) mass is 575 g/mol. The highest BCUT2D eigenvalue weighted by atomic mass is 16.5. The number of rotatable bonds is 9. The Labute approximate surface area is 252 Å². The molecule has 8 nitrogen and oxygen atoms in total. The average Bonchev–Trinajstić information content (AvgIpc) is 3.29. The summed E-state index contributed by atoms with van der Waals surface area (Å²) >= 11 is 0. The first-order valence-electron chi connectivity index (χ1n) is 15.0. The molecule has 3 aromatic carbocycles. The Morgan fingerprint density at radius 1 is 0.814 bits per heavy atom. The van der Waals surface area contributed by atoms with Crippen LogP contribution in [-0.4, -0.2) is 53.4 Å². The molecule has 0 fully saturated rings. The third-order valence-corrected chi connectivity index (χ3v) is 8.54. The Morgan fingerprint density at radius 3 is 2.00 bits per heavy atom. The quantitative estimate of drug-likeness (QED) is 0.241. The molecule has 8 heteroatoms. The Morgan fingerprint density at radius 2 is 1.42 bits per heavy atom. The Bertz CT molecular complexity index is 1630. The van der Waals surface area contributed by atoms with E-state index in [4.69, 9.17) is 9.84 Å². The predicted octanol–water partition coefficient (Wildman–Crippen LogP) is 6.15. The molecule has 6 rings (SSSR count). The van der Waals surface area contributed by atoms with Gasteiger partial charge in [0.1, 0.15) is 17.0 Å². The topological polar surface area (TPSA) is 81.5 Å². The molecule has 1 amide bonds. The summed E-state index contributed by atoms with van der Waals surface area (Å²) in [6.45, 7) is 11.8.